The van der Waals surface area contributed by atoms with Crippen molar-refractivity contribution < 1.29 is 14.7 Å². The molecule has 7 nitrogen and oxygen atoms in total. The van der Waals surface area contributed by atoms with Crippen LogP contribution in [0.25, 0.3) is 0 Å². The van der Waals surface area contributed by atoms with E-state index in [1.165, 1.54) is 12.3 Å². The highest BCUT2D eigenvalue weighted by Gasteiger charge is 2.12. The highest BCUT2D eigenvalue weighted by molar-refractivity contribution is 5.94. The molecule has 1 amide bonds. The molecule has 0 bridgehead atoms. The molecule has 0 aliphatic carbocycles. The molecule has 7 heteroatoms. The third-order valence-electron chi connectivity index (χ3n) is 2.13. The fourth-order valence-corrected chi connectivity index (χ4v) is 1.28. The van der Waals surface area contributed by atoms with Gasteiger partial charge in [-0.05, 0) is 12.5 Å². The average molecular weight is 252 g/mol. The SMILES string of the molecule is CCCNC(=O)CNc1ncc(N)cc1C(=O)O. The van der Waals surface area contributed by atoms with Gasteiger partial charge >= 0.3 is 5.97 Å². The van der Waals surface area contributed by atoms with Gasteiger partial charge in [-0.1, -0.05) is 6.92 Å². The Morgan fingerprint density at radius 2 is 2.22 bits per heavy atom. The first kappa shape index (κ1) is 13.8. The number of carboxylic acid groups (broad SMARTS) is 1. The minimum absolute atomic E-state index is 0.0306. The summed E-state index contributed by atoms with van der Waals surface area (Å²) in [6.07, 6.45) is 2.17. The van der Waals surface area contributed by atoms with E-state index in [0.717, 1.165) is 6.42 Å². The first-order valence-corrected chi connectivity index (χ1v) is 5.54. The maximum Gasteiger partial charge on any atom is 0.339 e. The van der Waals surface area contributed by atoms with Crippen LogP contribution in [0.5, 0.6) is 0 Å². The number of amides is 1. The summed E-state index contributed by atoms with van der Waals surface area (Å²) in [5, 5.41) is 14.3. The van der Waals surface area contributed by atoms with E-state index in [-0.39, 0.29) is 29.5 Å². The number of aromatic nitrogens is 1. The summed E-state index contributed by atoms with van der Waals surface area (Å²) in [6.45, 7) is 2.50. The number of nitrogens with two attached hydrogens (primary N) is 1. The van der Waals surface area contributed by atoms with Crippen LogP contribution in [0.2, 0.25) is 0 Å². The summed E-state index contributed by atoms with van der Waals surface area (Å²) in [6, 6.07) is 1.29. The Morgan fingerprint density at radius 1 is 1.50 bits per heavy atom. The molecule has 18 heavy (non-hydrogen) atoms. The number of nitrogen functional groups attached to an aromatic ring is 1. The van der Waals surface area contributed by atoms with Crippen molar-refractivity contribution in [3.8, 4) is 0 Å². The highest BCUT2D eigenvalue weighted by Crippen LogP contribution is 2.14. The first-order chi connectivity index (χ1) is 8.54. The Morgan fingerprint density at radius 3 is 2.83 bits per heavy atom. The van der Waals surface area contributed by atoms with Crippen LogP contribution >= 0.6 is 0 Å². The number of anilines is 2. The number of nitrogens with zero attached hydrogens (tertiary/aromatic N) is 1. The van der Waals surface area contributed by atoms with Gasteiger partial charge in [-0.15, -0.1) is 0 Å². The third-order valence-corrected chi connectivity index (χ3v) is 2.13. The van der Waals surface area contributed by atoms with Gasteiger partial charge in [0.15, 0.2) is 0 Å². The van der Waals surface area contributed by atoms with Gasteiger partial charge in [-0.3, -0.25) is 4.79 Å². The molecule has 0 spiro atoms. The van der Waals surface area contributed by atoms with Gasteiger partial charge < -0.3 is 21.5 Å². The summed E-state index contributed by atoms with van der Waals surface area (Å²) in [5.41, 5.74) is 5.65. The van der Waals surface area contributed by atoms with Crippen LogP contribution in [0.3, 0.4) is 0 Å². The molecular weight excluding hydrogens is 236 g/mol. The molecule has 0 radical (unpaired) electrons. The number of rotatable bonds is 6. The molecule has 0 fully saturated rings. The maximum absolute atomic E-state index is 11.3. The third kappa shape index (κ3) is 3.93. The molecule has 0 aliphatic heterocycles. The molecule has 1 aromatic heterocycles. The van der Waals surface area contributed by atoms with Crippen molar-refractivity contribution in [3.63, 3.8) is 0 Å². The summed E-state index contributed by atoms with van der Waals surface area (Å²) in [5.74, 6) is -1.23. The number of hydrogen-bond donors (Lipinski definition) is 4. The normalized spacial score (nSPS) is 9.83. The Hall–Kier alpha value is -2.31. The highest BCUT2D eigenvalue weighted by atomic mass is 16.4. The zero-order valence-corrected chi connectivity index (χ0v) is 10.1. The van der Waals surface area contributed by atoms with E-state index >= 15 is 0 Å². The quantitative estimate of drug-likeness (QED) is 0.578. The van der Waals surface area contributed by atoms with Crippen LogP contribution in [0.1, 0.15) is 23.7 Å². The fraction of sp³-hybridized carbons (Fsp3) is 0.364. The van der Waals surface area contributed by atoms with Crippen LogP contribution in [0.15, 0.2) is 12.3 Å². The van der Waals surface area contributed by atoms with Crippen molar-refractivity contribution in [3.05, 3.63) is 17.8 Å². The van der Waals surface area contributed by atoms with E-state index in [1.807, 2.05) is 6.92 Å². The summed E-state index contributed by atoms with van der Waals surface area (Å²) in [4.78, 5) is 26.2. The fourth-order valence-electron chi connectivity index (χ4n) is 1.28. The smallest absolute Gasteiger partial charge is 0.339 e. The van der Waals surface area contributed by atoms with E-state index in [1.54, 1.807) is 0 Å². The second-order valence-corrected chi connectivity index (χ2v) is 3.67. The zero-order valence-electron chi connectivity index (χ0n) is 10.1. The Bertz CT molecular complexity index is 448. The van der Waals surface area contributed by atoms with Gasteiger partial charge in [-0.25, -0.2) is 9.78 Å². The monoisotopic (exact) mass is 252 g/mol. The number of pyridine rings is 1. The van der Waals surface area contributed by atoms with Crippen LogP contribution in [-0.2, 0) is 4.79 Å². The van der Waals surface area contributed by atoms with E-state index in [0.29, 0.717) is 6.54 Å². The Labute approximate surface area is 104 Å². The van der Waals surface area contributed by atoms with Gasteiger partial charge in [0, 0.05) is 6.54 Å². The maximum atomic E-state index is 11.3. The van der Waals surface area contributed by atoms with Crippen molar-refractivity contribution in [1.82, 2.24) is 10.3 Å². The molecule has 98 valence electrons. The summed E-state index contributed by atoms with van der Waals surface area (Å²) in [7, 11) is 0. The van der Waals surface area contributed by atoms with Crippen LogP contribution in [-0.4, -0.2) is 35.1 Å². The van der Waals surface area contributed by atoms with E-state index in [9.17, 15) is 9.59 Å². The Balaban J connectivity index is 2.67. The number of nitrogens with one attached hydrogen (secondary N) is 2. The van der Waals surface area contributed by atoms with Crippen LogP contribution < -0.4 is 16.4 Å². The molecule has 1 aromatic rings. The van der Waals surface area contributed by atoms with Crippen LogP contribution in [0, 0.1) is 0 Å². The second kappa shape index (κ2) is 6.43. The van der Waals surface area contributed by atoms with E-state index in [4.69, 9.17) is 10.8 Å². The lowest BCUT2D eigenvalue weighted by Crippen LogP contribution is -2.30. The number of carbonyl (C=O) groups is 2. The number of carboxylic acids is 1. The van der Waals surface area contributed by atoms with Crippen molar-refractivity contribution in [2.24, 2.45) is 0 Å². The van der Waals surface area contributed by atoms with E-state index < -0.39 is 5.97 Å². The number of hydrogen-bond acceptors (Lipinski definition) is 5. The van der Waals surface area contributed by atoms with Gasteiger partial charge in [-0.2, -0.15) is 0 Å². The lowest BCUT2D eigenvalue weighted by Gasteiger charge is -2.09. The number of aromatic carboxylic acids is 1. The second-order valence-electron chi connectivity index (χ2n) is 3.67. The molecular formula is C11H16N4O3. The summed E-state index contributed by atoms with van der Waals surface area (Å²) >= 11 is 0. The summed E-state index contributed by atoms with van der Waals surface area (Å²) < 4.78 is 0. The Kier molecular flexibility index (Phi) is 4.91. The lowest BCUT2D eigenvalue weighted by molar-refractivity contribution is -0.119. The molecule has 0 saturated carbocycles. The van der Waals surface area contributed by atoms with Crippen molar-refractivity contribution in [2.45, 2.75) is 13.3 Å². The standard InChI is InChI=1S/C11H16N4O3/c1-2-3-13-9(16)6-15-10-8(11(17)18)4-7(12)5-14-10/h4-5H,2-3,6,12H2,1H3,(H,13,16)(H,14,15)(H,17,18). The molecule has 1 heterocycles. The van der Waals surface area contributed by atoms with Crippen molar-refractivity contribution in [2.75, 3.05) is 24.1 Å². The van der Waals surface area contributed by atoms with E-state index in [2.05, 4.69) is 15.6 Å². The number of carbonyl (C=O) groups excluding carboxylic acids is 1. The predicted octanol–water partition coefficient (Wildman–Crippen LogP) is 0.300. The predicted molar refractivity (Wildman–Crippen MR) is 67.4 cm³/mol. The molecule has 0 aliphatic rings. The molecule has 0 saturated heterocycles. The van der Waals surface area contributed by atoms with Gasteiger partial charge in [0.25, 0.3) is 0 Å². The van der Waals surface area contributed by atoms with Crippen LogP contribution in [0.4, 0.5) is 11.5 Å². The van der Waals surface area contributed by atoms with Crippen molar-refractivity contribution >= 4 is 23.4 Å². The van der Waals surface area contributed by atoms with Gasteiger partial charge in [0.1, 0.15) is 11.4 Å². The topological polar surface area (TPSA) is 117 Å². The van der Waals surface area contributed by atoms with Gasteiger partial charge in [0.05, 0.1) is 18.4 Å². The molecule has 0 unspecified atom stereocenters. The molecule has 0 atom stereocenters. The lowest BCUT2D eigenvalue weighted by atomic mass is 10.2. The molecule has 1 rings (SSSR count). The first-order valence-electron chi connectivity index (χ1n) is 5.54. The minimum atomic E-state index is -1.15. The average Bonchev–Trinajstić information content (AvgIpc) is 2.34. The minimum Gasteiger partial charge on any atom is -0.478 e. The largest absolute Gasteiger partial charge is 0.478 e. The van der Waals surface area contributed by atoms with Crippen molar-refractivity contribution in [1.29, 1.82) is 0 Å². The molecule has 5 N–H and O–H groups in total. The van der Waals surface area contributed by atoms with Gasteiger partial charge in [0.2, 0.25) is 5.91 Å². The zero-order chi connectivity index (χ0) is 13.5. The molecule has 0 aromatic carbocycles.